The van der Waals surface area contributed by atoms with E-state index in [-0.39, 0.29) is 30.9 Å². The molecule has 158 valence electrons. The van der Waals surface area contributed by atoms with E-state index < -0.39 is 11.7 Å². The second-order valence-corrected chi connectivity index (χ2v) is 7.67. The number of carbonyl (C=O) groups is 2. The number of anilines is 2. The Morgan fingerprint density at radius 2 is 2.07 bits per heavy atom. The van der Waals surface area contributed by atoms with Gasteiger partial charge in [0.2, 0.25) is 11.8 Å². The van der Waals surface area contributed by atoms with Crippen molar-refractivity contribution in [2.24, 2.45) is 5.92 Å². The predicted molar refractivity (Wildman–Crippen MR) is 111 cm³/mol. The standard InChI is InChI=1S/C23H25FN2O4/c24-17-6-5-7-18(13-17)26-14-16(12-22(26)27)23(28)25-20-9-1-2-10-21(20)30-15-19-8-3-4-11-29-19/h1-2,5-7,9-10,13,16,19H,3-4,8,11-12,14-15H2,(H,25,28)/t16-,19+/m1/s1. The van der Waals surface area contributed by atoms with Gasteiger partial charge in [0.25, 0.3) is 0 Å². The monoisotopic (exact) mass is 412 g/mol. The molecule has 2 aliphatic heterocycles. The lowest BCUT2D eigenvalue weighted by atomic mass is 10.1. The van der Waals surface area contributed by atoms with Gasteiger partial charge in [-0.25, -0.2) is 4.39 Å². The third kappa shape index (κ3) is 4.79. The molecule has 2 saturated heterocycles. The van der Waals surface area contributed by atoms with Gasteiger partial charge in [-0.05, 0) is 49.6 Å². The molecule has 7 heteroatoms. The Kier molecular flexibility index (Phi) is 6.28. The topological polar surface area (TPSA) is 67.9 Å². The molecule has 1 N–H and O–H groups in total. The summed E-state index contributed by atoms with van der Waals surface area (Å²) in [6.45, 7) is 1.40. The van der Waals surface area contributed by atoms with Crippen LogP contribution < -0.4 is 15.0 Å². The fourth-order valence-corrected chi connectivity index (χ4v) is 3.83. The summed E-state index contributed by atoms with van der Waals surface area (Å²) in [5.74, 6) is -0.810. The van der Waals surface area contributed by atoms with Crippen molar-refractivity contribution < 1.29 is 23.5 Å². The minimum atomic E-state index is -0.518. The summed E-state index contributed by atoms with van der Waals surface area (Å²) in [6.07, 6.45) is 3.32. The van der Waals surface area contributed by atoms with Crippen LogP contribution in [0.1, 0.15) is 25.7 Å². The molecule has 2 aliphatic rings. The van der Waals surface area contributed by atoms with Crippen LogP contribution in [-0.2, 0) is 14.3 Å². The number of hydrogen-bond donors (Lipinski definition) is 1. The van der Waals surface area contributed by atoms with Gasteiger partial charge in [0.15, 0.2) is 0 Å². The highest BCUT2D eigenvalue weighted by Crippen LogP contribution is 2.29. The van der Waals surface area contributed by atoms with Gasteiger partial charge in [-0.15, -0.1) is 0 Å². The molecule has 2 heterocycles. The van der Waals surface area contributed by atoms with Gasteiger partial charge < -0.3 is 19.7 Å². The first kappa shape index (κ1) is 20.3. The maximum absolute atomic E-state index is 13.5. The molecule has 2 atom stereocenters. The third-order valence-corrected chi connectivity index (χ3v) is 5.46. The van der Waals surface area contributed by atoms with Crippen LogP contribution in [0.5, 0.6) is 5.75 Å². The number of hydrogen-bond acceptors (Lipinski definition) is 4. The fraction of sp³-hybridized carbons (Fsp3) is 0.391. The molecule has 0 radical (unpaired) electrons. The van der Waals surface area contributed by atoms with E-state index in [1.54, 1.807) is 24.3 Å². The Bertz CT molecular complexity index is 914. The van der Waals surface area contributed by atoms with Crippen molar-refractivity contribution in [2.45, 2.75) is 31.8 Å². The number of halogens is 1. The summed E-state index contributed by atoms with van der Waals surface area (Å²) < 4.78 is 25.1. The minimum absolute atomic E-state index is 0.0646. The van der Waals surface area contributed by atoms with Crippen LogP contribution in [-0.4, -0.2) is 37.7 Å². The lowest BCUT2D eigenvalue weighted by Crippen LogP contribution is -2.28. The van der Waals surface area contributed by atoms with Gasteiger partial charge in [0, 0.05) is 25.3 Å². The summed E-state index contributed by atoms with van der Waals surface area (Å²) in [4.78, 5) is 26.7. The summed E-state index contributed by atoms with van der Waals surface area (Å²) in [5.41, 5.74) is 1.03. The molecule has 0 aromatic heterocycles. The number of para-hydroxylation sites is 2. The molecule has 4 rings (SSSR count). The number of ether oxygens (including phenoxy) is 2. The average molecular weight is 412 g/mol. The maximum Gasteiger partial charge on any atom is 0.229 e. The summed E-state index contributed by atoms with van der Waals surface area (Å²) >= 11 is 0. The highest BCUT2D eigenvalue weighted by molar-refractivity contribution is 6.03. The molecule has 2 fully saturated rings. The zero-order valence-electron chi connectivity index (χ0n) is 16.7. The Hall–Kier alpha value is -2.93. The number of carbonyl (C=O) groups excluding carboxylic acids is 2. The zero-order chi connectivity index (χ0) is 20.9. The van der Waals surface area contributed by atoms with Gasteiger partial charge in [-0.1, -0.05) is 18.2 Å². The van der Waals surface area contributed by atoms with Crippen molar-refractivity contribution in [1.29, 1.82) is 0 Å². The number of rotatable bonds is 6. The lowest BCUT2D eigenvalue weighted by Gasteiger charge is -2.23. The van der Waals surface area contributed by atoms with Gasteiger partial charge in [-0.2, -0.15) is 0 Å². The third-order valence-electron chi connectivity index (χ3n) is 5.46. The van der Waals surface area contributed by atoms with Crippen LogP contribution in [0.4, 0.5) is 15.8 Å². The summed E-state index contributed by atoms with van der Waals surface area (Å²) in [6, 6.07) is 13.1. The van der Waals surface area contributed by atoms with Crippen molar-refractivity contribution in [1.82, 2.24) is 0 Å². The predicted octanol–water partition coefficient (Wildman–Crippen LogP) is 3.77. The summed E-state index contributed by atoms with van der Waals surface area (Å²) in [7, 11) is 0. The van der Waals surface area contributed by atoms with Crippen LogP contribution in [0.3, 0.4) is 0 Å². The van der Waals surface area contributed by atoms with Gasteiger partial charge in [0.05, 0.1) is 17.7 Å². The summed E-state index contributed by atoms with van der Waals surface area (Å²) in [5, 5.41) is 2.89. The smallest absolute Gasteiger partial charge is 0.229 e. The molecule has 6 nitrogen and oxygen atoms in total. The van der Waals surface area contributed by atoms with E-state index in [2.05, 4.69) is 5.32 Å². The quantitative estimate of drug-likeness (QED) is 0.784. The van der Waals surface area contributed by atoms with E-state index in [9.17, 15) is 14.0 Å². The molecular formula is C23H25FN2O4. The van der Waals surface area contributed by atoms with E-state index in [1.165, 1.54) is 17.0 Å². The second kappa shape index (κ2) is 9.26. The fourth-order valence-electron chi connectivity index (χ4n) is 3.83. The Labute approximate surface area is 175 Å². The number of amides is 2. The molecule has 2 amide bonds. The van der Waals surface area contributed by atoms with Crippen LogP contribution in [0, 0.1) is 11.7 Å². The van der Waals surface area contributed by atoms with Gasteiger partial charge >= 0.3 is 0 Å². The molecule has 30 heavy (non-hydrogen) atoms. The maximum atomic E-state index is 13.5. The SMILES string of the molecule is O=C(Nc1ccccc1OC[C@@H]1CCCCO1)[C@@H]1CC(=O)N(c2cccc(F)c2)C1. The second-order valence-electron chi connectivity index (χ2n) is 7.67. The van der Waals surface area contributed by atoms with Crippen molar-refractivity contribution in [3.05, 3.63) is 54.3 Å². The first-order valence-electron chi connectivity index (χ1n) is 10.3. The van der Waals surface area contributed by atoms with Crippen LogP contribution in [0.2, 0.25) is 0 Å². The highest BCUT2D eigenvalue weighted by atomic mass is 19.1. The molecule has 0 unspecified atom stereocenters. The lowest BCUT2D eigenvalue weighted by molar-refractivity contribution is -0.122. The Balaban J connectivity index is 1.38. The Morgan fingerprint density at radius 1 is 1.20 bits per heavy atom. The first-order chi connectivity index (χ1) is 14.6. The molecule has 0 bridgehead atoms. The van der Waals surface area contributed by atoms with Crippen molar-refractivity contribution in [2.75, 3.05) is 30.0 Å². The van der Waals surface area contributed by atoms with Gasteiger partial charge in [-0.3, -0.25) is 9.59 Å². The van der Waals surface area contributed by atoms with Crippen molar-refractivity contribution >= 4 is 23.2 Å². The molecule has 2 aromatic carbocycles. The number of benzene rings is 2. The average Bonchev–Trinajstić information content (AvgIpc) is 3.16. The van der Waals surface area contributed by atoms with E-state index in [4.69, 9.17) is 9.47 Å². The van der Waals surface area contributed by atoms with Crippen molar-refractivity contribution in [3.8, 4) is 5.75 Å². The largest absolute Gasteiger partial charge is 0.489 e. The minimum Gasteiger partial charge on any atom is -0.489 e. The molecule has 2 aromatic rings. The Morgan fingerprint density at radius 3 is 2.87 bits per heavy atom. The zero-order valence-corrected chi connectivity index (χ0v) is 16.7. The van der Waals surface area contributed by atoms with E-state index in [0.29, 0.717) is 23.7 Å². The van der Waals surface area contributed by atoms with E-state index in [0.717, 1.165) is 25.9 Å². The molecule has 0 saturated carbocycles. The van der Waals surface area contributed by atoms with Crippen molar-refractivity contribution in [3.63, 3.8) is 0 Å². The van der Waals surface area contributed by atoms with Crippen LogP contribution in [0.25, 0.3) is 0 Å². The van der Waals surface area contributed by atoms with Gasteiger partial charge in [0.1, 0.15) is 18.2 Å². The molecule has 0 aliphatic carbocycles. The van der Waals surface area contributed by atoms with Crippen LogP contribution in [0.15, 0.2) is 48.5 Å². The molecular weight excluding hydrogens is 387 g/mol. The highest BCUT2D eigenvalue weighted by Gasteiger charge is 2.35. The number of nitrogens with one attached hydrogen (secondary N) is 1. The van der Waals surface area contributed by atoms with E-state index >= 15 is 0 Å². The molecule has 0 spiro atoms. The van der Waals surface area contributed by atoms with Crippen LogP contribution >= 0.6 is 0 Å². The number of nitrogens with zero attached hydrogens (tertiary/aromatic N) is 1. The van der Waals surface area contributed by atoms with E-state index in [1.807, 2.05) is 12.1 Å². The first-order valence-corrected chi connectivity index (χ1v) is 10.3. The normalized spacial score (nSPS) is 21.5.